The van der Waals surface area contributed by atoms with Crippen LogP contribution in [0.15, 0.2) is 60.7 Å². The van der Waals surface area contributed by atoms with Crippen LogP contribution in [-0.4, -0.2) is 25.9 Å². The summed E-state index contributed by atoms with van der Waals surface area (Å²) in [5.74, 6) is 3.76. The van der Waals surface area contributed by atoms with Crippen LogP contribution in [0, 0.1) is 0 Å². The summed E-state index contributed by atoms with van der Waals surface area (Å²) >= 11 is 0. The SMILES string of the molecule is CCCOc1ccc(C2=Cc3cc(OC)c4c(c3OC2)C=CC(C)(C)O4)c(OCc2ccccc2)c1. The molecule has 5 rings (SSSR count). The average Bonchev–Trinajstić information content (AvgIpc) is 2.90. The van der Waals surface area contributed by atoms with Crippen LogP contribution in [0.2, 0.25) is 0 Å². The van der Waals surface area contributed by atoms with Gasteiger partial charge >= 0.3 is 0 Å². The zero-order chi connectivity index (χ0) is 25.1. The number of ether oxygens (including phenoxy) is 5. The molecule has 3 aromatic carbocycles. The molecule has 2 heterocycles. The number of benzene rings is 3. The second kappa shape index (κ2) is 10.0. The highest BCUT2D eigenvalue weighted by molar-refractivity contribution is 5.91. The molecule has 0 saturated carbocycles. The fourth-order valence-corrected chi connectivity index (χ4v) is 4.39. The first-order valence-corrected chi connectivity index (χ1v) is 12.4. The van der Waals surface area contributed by atoms with Gasteiger partial charge in [-0.1, -0.05) is 37.3 Å². The summed E-state index contributed by atoms with van der Waals surface area (Å²) in [6, 6.07) is 18.1. The zero-order valence-electron chi connectivity index (χ0n) is 21.3. The molecule has 0 saturated heterocycles. The van der Waals surface area contributed by atoms with E-state index >= 15 is 0 Å². The van der Waals surface area contributed by atoms with Crippen molar-refractivity contribution >= 4 is 17.7 Å². The van der Waals surface area contributed by atoms with Crippen molar-refractivity contribution < 1.29 is 23.7 Å². The van der Waals surface area contributed by atoms with Gasteiger partial charge in [0, 0.05) is 22.8 Å². The van der Waals surface area contributed by atoms with Crippen molar-refractivity contribution in [3.05, 3.63) is 82.9 Å². The van der Waals surface area contributed by atoms with E-state index in [4.69, 9.17) is 23.7 Å². The summed E-state index contributed by atoms with van der Waals surface area (Å²) < 4.78 is 30.4. The lowest BCUT2D eigenvalue weighted by Crippen LogP contribution is -2.28. The van der Waals surface area contributed by atoms with Gasteiger partial charge in [0.1, 0.15) is 36.1 Å². The van der Waals surface area contributed by atoms with E-state index in [1.165, 1.54) is 0 Å². The third-order valence-corrected chi connectivity index (χ3v) is 6.21. The zero-order valence-corrected chi connectivity index (χ0v) is 21.3. The van der Waals surface area contributed by atoms with Gasteiger partial charge in [-0.3, -0.25) is 0 Å². The number of methoxy groups -OCH3 is 1. The quantitative estimate of drug-likeness (QED) is 0.339. The van der Waals surface area contributed by atoms with Crippen molar-refractivity contribution in [2.24, 2.45) is 0 Å². The first-order chi connectivity index (χ1) is 17.5. The van der Waals surface area contributed by atoms with Crippen LogP contribution in [0.1, 0.15) is 49.4 Å². The topological polar surface area (TPSA) is 46.2 Å². The average molecular weight is 485 g/mol. The summed E-state index contributed by atoms with van der Waals surface area (Å²) in [5, 5.41) is 0. The summed E-state index contributed by atoms with van der Waals surface area (Å²) in [6.07, 6.45) is 7.20. The Morgan fingerprint density at radius 3 is 2.56 bits per heavy atom. The predicted octanol–water partition coefficient (Wildman–Crippen LogP) is 7.18. The van der Waals surface area contributed by atoms with Crippen LogP contribution in [-0.2, 0) is 6.61 Å². The molecule has 0 aliphatic carbocycles. The van der Waals surface area contributed by atoms with Gasteiger partial charge in [0.05, 0.1) is 19.3 Å². The van der Waals surface area contributed by atoms with Crippen molar-refractivity contribution in [3.8, 4) is 28.7 Å². The Morgan fingerprint density at radius 1 is 0.944 bits per heavy atom. The van der Waals surface area contributed by atoms with Crippen LogP contribution < -0.4 is 23.7 Å². The number of fused-ring (bicyclic) bond motifs is 3. The third kappa shape index (κ3) is 4.92. The molecular formula is C31H32O5. The standard InChI is InChI=1S/C31H32O5/c1-5-15-33-24-11-12-25(27(18-24)34-19-21-9-7-6-8-10-21)23-16-22-17-28(32-4)30-26(29(22)35-20-23)13-14-31(2,3)36-30/h6-14,16-18H,5,15,19-20H2,1-4H3. The first kappa shape index (κ1) is 23.9. The Bertz CT molecular complexity index is 1300. The number of rotatable bonds is 8. The predicted molar refractivity (Wildman–Crippen MR) is 143 cm³/mol. The van der Waals surface area contributed by atoms with Gasteiger partial charge in [-0.2, -0.15) is 0 Å². The number of hydrogen-bond acceptors (Lipinski definition) is 5. The highest BCUT2D eigenvalue weighted by Crippen LogP contribution is 2.48. The lowest BCUT2D eigenvalue weighted by molar-refractivity contribution is 0.151. The highest BCUT2D eigenvalue weighted by atomic mass is 16.5. The minimum Gasteiger partial charge on any atom is -0.493 e. The van der Waals surface area contributed by atoms with Gasteiger partial charge in [0.15, 0.2) is 11.5 Å². The first-order valence-electron chi connectivity index (χ1n) is 12.4. The van der Waals surface area contributed by atoms with Crippen molar-refractivity contribution in [1.82, 2.24) is 0 Å². The molecule has 0 radical (unpaired) electrons. The van der Waals surface area contributed by atoms with Crippen molar-refractivity contribution in [1.29, 1.82) is 0 Å². The number of hydrogen-bond donors (Lipinski definition) is 0. The molecule has 2 aliphatic heterocycles. The minimum atomic E-state index is -0.406. The Morgan fingerprint density at radius 2 is 1.78 bits per heavy atom. The normalized spacial score (nSPS) is 15.1. The highest BCUT2D eigenvalue weighted by Gasteiger charge is 2.30. The molecule has 186 valence electrons. The van der Waals surface area contributed by atoms with E-state index < -0.39 is 5.60 Å². The van der Waals surface area contributed by atoms with Gasteiger partial charge in [-0.25, -0.2) is 0 Å². The molecule has 36 heavy (non-hydrogen) atoms. The van der Waals surface area contributed by atoms with E-state index in [2.05, 4.69) is 31.2 Å². The fourth-order valence-electron chi connectivity index (χ4n) is 4.39. The molecule has 0 spiro atoms. The maximum atomic E-state index is 6.33. The van der Waals surface area contributed by atoms with E-state index in [-0.39, 0.29) is 0 Å². The van der Waals surface area contributed by atoms with E-state index in [1.54, 1.807) is 7.11 Å². The van der Waals surface area contributed by atoms with E-state index in [0.717, 1.165) is 51.5 Å². The monoisotopic (exact) mass is 484 g/mol. The van der Waals surface area contributed by atoms with Gasteiger partial charge in [0.25, 0.3) is 0 Å². The molecule has 0 bridgehead atoms. The second-order valence-corrected chi connectivity index (χ2v) is 9.52. The molecule has 5 nitrogen and oxygen atoms in total. The van der Waals surface area contributed by atoms with E-state index in [1.807, 2.05) is 62.4 Å². The molecule has 0 amide bonds. The molecular weight excluding hydrogens is 452 g/mol. The smallest absolute Gasteiger partial charge is 0.173 e. The lowest BCUT2D eigenvalue weighted by atomic mass is 9.95. The van der Waals surface area contributed by atoms with Crippen molar-refractivity contribution in [3.63, 3.8) is 0 Å². The van der Waals surface area contributed by atoms with Crippen LogP contribution in [0.4, 0.5) is 0 Å². The Balaban J connectivity index is 1.52. The van der Waals surface area contributed by atoms with Gasteiger partial charge < -0.3 is 23.7 Å². The van der Waals surface area contributed by atoms with Gasteiger partial charge in [-0.15, -0.1) is 0 Å². The largest absolute Gasteiger partial charge is 0.493 e. The van der Waals surface area contributed by atoms with Crippen LogP contribution in [0.3, 0.4) is 0 Å². The molecule has 0 N–H and O–H groups in total. The molecule has 0 atom stereocenters. The molecule has 5 heteroatoms. The summed E-state index contributed by atoms with van der Waals surface area (Å²) in [6.45, 7) is 7.68. The molecule has 0 fully saturated rings. The maximum Gasteiger partial charge on any atom is 0.173 e. The minimum absolute atomic E-state index is 0.406. The molecule has 3 aromatic rings. The fraction of sp³-hybridized carbons (Fsp3) is 0.290. The Hall–Kier alpha value is -3.86. The van der Waals surface area contributed by atoms with Crippen molar-refractivity contribution in [2.45, 2.75) is 39.4 Å². The van der Waals surface area contributed by atoms with Gasteiger partial charge in [0.2, 0.25) is 0 Å². The van der Waals surface area contributed by atoms with E-state index in [9.17, 15) is 0 Å². The second-order valence-electron chi connectivity index (χ2n) is 9.52. The third-order valence-electron chi connectivity index (χ3n) is 6.21. The summed E-state index contributed by atoms with van der Waals surface area (Å²) in [4.78, 5) is 0. The van der Waals surface area contributed by atoms with Crippen LogP contribution in [0.25, 0.3) is 17.7 Å². The van der Waals surface area contributed by atoms with Crippen LogP contribution >= 0.6 is 0 Å². The van der Waals surface area contributed by atoms with Crippen molar-refractivity contribution in [2.75, 3.05) is 20.3 Å². The Kier molecular flexibility index (Phi) is 6.64. The van der Waals surface area contributed by atoms with E-state index in [0.29, 0.717) is 31.3 Å². The van der Waals surface area contributed by atoms with Crippen LogP contribution in [0.5, 0.6) is 28.7 Å². The summed E-state index contributed by atoms with van der Waals surface area (Å²) in [5.41, 5.74) is 4.55. The molecule has 2 aliphatic rings. The maximum absolute atomic E-state index is 6.33. The molecule has 0 aromatic heterocycles. The lowest BCUT2D eigenvalue weighted by Gasteiger charge is -2.31. The molecule has 0 unspecified atom stereocenters. The Labute approximate surface area is 212 Å². The summed E-state index contributed by atoms with van der Waals surface area (Å²) in [7, 11) is 1.66. The van der Waals surface area contributed by atoms with Gasteiger partial charge in [-0.05, 0) is 62.3 Å².